The van der Waals surface area contributed by atoms with Gasteiger partial charge < -0.3 is 14.7 Å². The highest BCUT2D eigenvalue weighted by Crippen LogP contribution is 2.31. The number of benzene rings is 2. The van der Waals surface area contributed by atoms with Gasteiger partial charge in [0, 0.05) is 6.54 Å². The summed E-state index contributed by atoms with van der Waals surface area (Å²) in [5.74, 6) is 0.530. The van der Waals surface area contributed by atoms with Crippen LogP contribution in [0, 0.1) is 0 Å². The Morgan fingerprint density at radius 1 is 1.33 bits per heavy atom. The predicted molar refractivity (Wildman–Crippen MR) is 81.6 cm³/mol. The molecule has 0 unspecified atom stereocenters. The van der Waals surface area contributed by atoms with Crippen LogP contribution in [0.4, 0.5) is 0 Å². The highest BCUT2D eigenvalue weighted by Gasteiger charge is 2.31. The van der Waals surface area contributed by atoms with E-state index in [1.165, 1.54) is 0 Å². The molecule has 4 heteroatoms. The SMILES string of the molecule is COc1ccc2ccccc2c1C(=O)N1CCC[C@@H]1CO. The number of hydrogen-bond acceptors (Lipinski definition) is 3. The molecule has 0 aliphatic carbocycles. The molecular formula is C17H19NO3. The minimum Gasteiger partial charge on any atom is -0.496 e. The number of carbonyl (C=O) groups excluding carboxylic acids is 1. The fraction of sp³-hybridized carbons (Fsp3) is 0.353. The molecule has 1 aliphatic heterocycles. The lowest BCUT2D eigenvalue weighted by molar-refractivity contribution is 0.0676. The van der Waals surface area contributed by atoms with Crippen molar-refractivity contribution in [2.75, 3.05) is 20.3 Å². The lowest BCUT2D eigenvalue weighted by Gasteiger charge is -2.24. The molecule has 1 saturated heterocycles. The number of carbonyl (C=O) groups is 1. The second-order valence-corrected chi connectivity index (χ2v) is 5.34. The van der Waals surface area contributed by atoms with Crippen molar-refractivity contribution < 1.29 is 14.6 Å². The molecule has 110 valence electrons. The summed E-state index contributed by atoms with van der Waals surface area (Å²) < 4.78 is 5.39. The zero-order valence-corrected chi connectivity index (χ0v) is 12.1. The van der Waals surface area contributed by atoms with Crippen LogP contribution in [-0.2, 0) is 0 Å². The number of aliphatic hydroxyl groups is 1. The third-order valence-corrected chi connectivity index (χ3v) is 4.17. The third-order valence-electron chi connectivity index (χ3n) is 4.17. The molecule has 1 heterocycles. The first-order valence-corrected chi connectivity index (χ1v) is 7.24. The number of likely N-dealkylation sites (tertiary alicyclic amines) is 1. The van der Waals surface area contributed by atoms with Crippen LogP contribution in [0.15, 0.2) is 36.4 Å². The van der Waals surface area contributed by atoms with Crippen molar-refractivity contribution in [3.05, 3.63) is 42.0 Å². The summed E-state index contributed by atoms with van der Waals surface area (Å²) in [7, 11) is 1.58. The molecule has 1 fully saturated rings. The number of ether oxygens (including phenoxy) is 1. The minimum atomic E-state index is -0.0822. The maximum absolute atomic E-state index is 12.9. The molecular weight excluding hydrogens is 266 g/mol. The largest absolute Gasteiger partial charge is 0.496 e. The summed E-state index contributed by atoms with van der Waals surface area (Å²) in [5.41, 5.74) is 0.593. The van der Waals surface area contributed by atoms with Gasteiger partial charge in [0.15, 0.2) is 0 Å². The molecule has 0 spiro atoms. The minimum absolute atomic E-state index is 0.0127. The first kappa shape index (κ1) is 13.9. The Hall–Kier alpha value is -2.07. The summed E-state index contributed by atoms with van der Waals surface area (Å²) in [5, 5.41) is 11.4. The Morgan fingerprint density at radius 2 is 2.14 bits per heavy atom. The summed E-state index contributed by atoms with van der Waals surface area (Å²) in [6.07, 6.45) is 1.79. The molecule has 2 aromatic carbocycles. The first-order valence-electron chi connectivity index (χ1n) is 7.24. The van der Waals surface area contributed by atoms with Gasteiger partial charge in [-0.05, 0) is 29.7 Å². The number of hydrogen-bond donors (Lipinski definition) is 1. The van der Waals surface area contributed by atoms with Crippen LogP contribution < -0.4 is 4.74 Å². The summed E-state index contributed by atoms with van der Waals surface area (Å²) >= 11 is 0. The second kappa shape index (κ2) is 5.74. The van der Waals surface area contributed by atoms with Crippen molar-refractivity contribution in [3.63, 3.8) is 0 Å². The number of amides is 1. The molecule has 0 radical (unpaired) electrons. The van der Waals surface area contributed by atoms with Crippen LogP contribution in [-0.4, -0.2) is 42.2 Å². The van der Waals surface area contributed by atoms with Crippen LogP contribution >= 0.6 is 0 Å². The van der Waals surface area contributed by atoms with Gasteiger partial charge in [0.05, 0.1) is 25.3 Å². The Kier molecular flexibility index (Phi) is 3.80. The smallest absolute Gasteiger partial charge is 0.258 e. The maximum Gasteiger partial charge on any atom is 0.258 e. The number of fused-ring (bicyclic) bond motifs is 1. The third kappa shape index (κ3) is 2.36. The molecule has 0 bridgehead atoms. The Balaban J connectivity index is 2.11. The molecule has 3 rings (SSSR count). The highest BCUT2D eigenvalue weighted by molar-refractivity contribution is 6.09. The van der Waals surface area contributed by atoms with E-state index in [0.717, 1.165) is 23.6 Å². The van der Waals surface area contributed by atoms with Crippen molar-refractivity contribution >= 4 is 16.7 Å². The van der Waals surface area contributed by atoms with E-state index in [1.54, 1.807) is 12.0 Å². The number of aliphatic hydroxyl groups excluding tert-OH is 1. The van der Waals surface area contributed by atoms with Crippen LogP contribution in [0.3, 0.4) is 0 Å². The van der Waals surface area contributed by atoms with Gasteiger partial charge in [0.2, 0.25) is 0 Å². The van der Waals surface area contributed by atoms with E-state index >= 15 is 0 Å². The van der Waals surface area contributed by atoms with Gasteiger partial charge in [0.25, 0.3) is 5.91 Å². The average molecular weight is 285 g/mol. The van der Waals surface area contributed by atoms with Crippen LogP contribution in [0.25, 0.3) is 10.8 Å². The fourth-order valence-electron chi connectivity index (χ4n) is 3.08. The molecule has 21 heavy (non-hydrogen) atoms. The highest BCUT2D eigenvalue weighted by atomic mass is 16.5. The molecule has 2 aromatic rings. The molecule has 1 N–H and O–H groups in total. The lowest BCUT2D eigenvalue weighted by Crippen LogP contribution is -2.37. The number of methoxy groups -OCH3 is 1. The quantitative estimate of drug-likeness (QED) is 0.942. The summed E-state index contributed by atoms with van der Waals surface area (Å²) in [6.45, 7) is 0.704. The number of rotatable bonds is 3. The van der Waals surface area contributed by atoms with Crippen molar-refractivity contribution in [2.45, 2.75) is 18.9 Å². The average Bonchev–Trinajstić information content (AvgIpc) is 3.01. The normalized spacial score (nSPS) is 18.2. The Bertz CT molecular complexity index is 668. The molecule has 1 amide bonds. The molecule has 4 nitrogen and oxygen atoms in total. The maximum atomic E-state index is 12.9. The standard InChI is InChI=1S/C17H19NO3/c1-21-15-9-8-12-5-2-3-7-14(12)16(15)17(20)18-10-4-6-13(18)11-19/h2-3,5,7-9,13,19H,4,6,10-11H2,1H3/t13-/m1/s1. The topological polar surface area (TPSA) is 49.8 Å². The monoisotopic (exact) mass is 285 g/mol. The predicted octanol–water partition coefficient (Wildman–Crippen LogP) is 2.45. The van der Waals surface area contributed by atoms with Crippen LogP contribution in [0.1, 0.15) is 23.2 Å². The van der Waals surface area contributed by atoms with Crippen LogP contribution in [0.5, 0.6) is 5.75 Å². The lowest BCUT2D eigenvalue weighted by atomic mass is 10.0. The summed E-state index contributed by atoms with van der Waals surface area (Å²) in [4.78, 5) is 14.7. The van der Waals surface area contributed by atoms with E-state index < -0.39 is 0 Å². The Morgan fingerprint density at radius 3 is 2.90 bits per heavy atom. The fourth-order valence-corrected chi connectivity index (χ4v) is 3.08. The van der Waals surface area contributed by atoms with E-state index in [9.17, 15) is 9.90 Å². The van der Waals surface area contributed by atoms with E-state index in [1.807, 2.05) is 36.4 Å². The van der Waals surface area contributed by atoms with Crippen LogP contribution in [0.2, 0.25) is 0 Å². The van der Waals surface area contributed by atoms with Crippen molar-refractivity contribution in [3.8, 4) is 5.75 Å². The van der Waals surface area contributed by atoms with Crippen molar-refractivity contribution in [2.24, 2.45) is 0 Å². The molecule has 1 atom stereocenters. The number of nitrogens with zero attached hydrogens (tertiary/aromatic N) is 1. The van der Waals surface area contributed by atoms with Gasteiger partial charge in [-0.25, -0.2) is 0 Å². The van der Waals surface area contributed by atoms with E-state index in [0.29, 0.717) is 17.9 Å². The molecule has 0 aromatic heterocycles. The summed E-state index contributed by atoms with van der Waals surface area (Å²) in [6, 6.07) is 11.5. The zero-order chi connectivity index (χ0) is 14.8. The van der Waals surface area contributed by atoms with Gasteiger partial charge in [-0.1, -0.05) is 30.3 Å². The molecule has 0 saturated carbocycles. The van der Waals surface area contributed by atoms with Crippen molar-refractivity contribution in [1.29, 1.82) is 0 Å². The van der Waals surface area contributed by atoms with E-state index in [2.05, 4.69) is 0 Å². The van der Waals surface area contributed by atoms with Gasteiger partial charge >= 0.3 is 0 Å². The van der Waals surface area contributed by atoms with E-state index in [-0.39, 0.29) is 18.6 Å². The van der Waals surface area contributed by atoms with Gasteiger partial charge in [-0.2, -0.15) is 0 Å². The second-order valence-electron chi connectivity index (χ2n) is 5.34. The zero-order valence-electron chi connectivity index (χ0n) is 12.1. The van der Waals surface area contributed by atoms with Crippen molar-refractivity contribution in [1.82, 2.24) is 4.90 Å². The Labute approximate surface area is 123 Å². The molecule has 1 aliphatic rings. The van der Waals surface area contributed by atoms with Gasteiger partial charge in [0.1, 0.15) is 5.75 Å². The van der Waals surface area contributed by atoms with Gasteiger partial charge in [-0.3, -0.25) is 4.79 Å². The van der Waals surface area contributed by atoms with Gasteiger partial charge in [-0.15, -0.1) is 0 Å². The van der Waals surface area contributed by atoms with E-state index in [4.69, 9.17) is 4.74 Å². The first-order chi connectivity index (χ1) is 10.3.